The predicted molar refractivity (Wildman–Crippen MR) is 48.4 cm³/mol. The summed E-state index contributed by atoms with van der Waals surface area (Å²) in [6.07, 6.45) is 1.62. The van der Waals surface area contributed by atoms with Crippen LogP contribution < -0.4 is 4.74 Å². The quantitative estimate of drug-likeness (QED) is 0.615. The van der Waals surface area contributed by atoms with Gasteiger partial charge >= 0.3 is 0 Å². The Morgan fingerprint density at radius 2 is 2.25 bits per heavy atom. The Morgan fingerprint density at radius 1 is 1.42 bits per heavy atom. The molecular formula is C10H9NO. The molecule has 2 heteroatoms. The highest BCUT2D eigenvalue weighted by atomic mass is 16.5. The van der Waals surface area contributed by atoms with Gasteiger partial charge in [0.25, 0.3) is 0 Å². The van der Waals surface area contributed by atoms with Gasteiger partial charge in [-0.3, -0.25) is 0 Å². The maximum absolute atomic E-state index is 5.41. The molecule has 12 heavy (non-hydrogen) atoms. The molecule has 0 amide bonds. The number of hydrogen-bond donors (Lipinski definition) is 0. The van der Waals surface area contributed by atoms with Crippen LogP contribution in [0.15, 0.2) is 41.9 Å². The molecule has 0 spiro atoms. The third kappa shape index (κ3) is 1.11. The molecule has 60 valence electrons. The molecule has 0 aromatic heterocycles. The van der Waals surface area contributed by atoms with E-state index in [0.717, 1.165) is 11.3 Å². The molecule has 1 heterocycles. The summed E-state index contributed by atoms with van der Waals surface area (Å²) in [6.45, 7) is 4.29. The molecule has 0 atom stereocenters. The van der Waals surface area contributed by atoms with E-state index in [4.69, 9.17) is 4.74 Å². The van der Waals surface area contributed by atoms with Gasteiger partial charge in [-0.15, -0.1) is 0 Å². The summed E-state index contributed by atoms with van der Waals surface area (Å²) < 4.78 is 5.41. The minimum atomic E-state index is 0.605. The molecule has 0 N–H and O–H groups in total. The first-order valence-electron chi connectivity index (χ1n) is 3.83. The van der Waals surface area contributed by atoms with E-state index < -0.39 is 0 Å². The van der Waals surface area contributed by atoms with Crippen molar-refractivity contribution in [1.29, 1.82) is 0 Å². The Kier molecular flexibility index (Phi) is 1.67. The van der Waals surface area contributed by atoms with Crippen LogP contribution in [0.3, 0.4) is 0 Å². The van der Waals surface area contributed by atoms with Crippen molar-refractivity contribution < 1.29 is 4.74 Å². The first kappa shape index (κ1) is 7.10. The molecule has 1 aromatic carbocycles. The van der Waals surface area contributed by atoms with Crippen molar-refractivity contribution in [1.82, 2.24) is 0 Å². The van der Waals surface area contributed by atoms with Gasteiger partial charge in [0.05, 0.1) is 6.54 Å². The third-order valence-electron chi connectivity index (χ3n) is 1.77. The summed E-state index contributed by atoms with van der Waals surface area (Å²) in [5.41, 5.74) is 1.13. The maximum Gasteiger partial charge on any atom is 0.214 e. The first-order chi connectivity index (χ1) is 5.90. The second-order valence-corrected chi connectivity index (χ2v) is 2.57. The summed E-state index contributed by atoms with van der Waals surface area (Å²) in [6, 6.07) is 7.88. The van der Waals surface area contributed by atoms with Gasteiger partial charge in [-0.2, -0.15) is 0 Å². The lowest BCUT2D eigenvalue weighted by atomic mass is 10.2. The van der Waals surface area contributed by atoms with E-state index in [-0.39, 0.29) is 0 Å². The zero-order valence-corrected chi connectivity index (χ0v) is 6.66. The van der Waals surface area contributed by atoms with Crippen LogP contribution in [-0.2, 0) is 6.54 Å². The zero-order valence-electron chi connectivity index (χ0n) is 6.66. The SMILES string of the molecule is C=CC1=NCc2ccccc2O1. The van der Waals surface area contributed by atoms with E-state index in [2.05, 4.69) is 11.6 Å². The first-order valence-corrected chi connectivity index (χ1v) is 3.83. The highest BCUT2D eigenvalue weighted by Crippen LogP contribution is 2.22. The normalized spacial score (nSPS) is 14.2. The lowest BCUT2D eigenvalue weighted by Crippen LogP contribution is -2.11. The van der Waals surface area contributed by atoms with Crippen molar-refractivity contribution in [3.05, 3.63) is 42.5 Å². The Bertz CT molecular complexity index is 341. The van der Waals surface area contributed by atoms with Crippen LogP contribution in [0.4, 0.5) is 0 Å². The van der Waals surface area contributed by atoms with Crippen molar-refractivity contribution >= 4 is 5.90 Å². The fourth-order valence-electron chi connectivity index (χ4n) is 1.15. The average Bonchev–Trinajstić information content (AvgIpc) is 2.17. The summed E-state index contributed by atoms with van der Waals surface area (Å²) in [5.74, 6) is 1.50. The summed E-state index contributed by atoms with van der Waals surface area (Å²) in [7, 11) is 0. The number of hydrogen-bond acceptors (Lipinski definition) is 2. The molecular weight excluding hydrogens is 150 g/mol. The zero-order chi connectivity index (χ0) is 8.39. The summed E-state index contributed by atoms with van der Waals surface area (Å²) in [5, 5.41) is 0. The van der Waals surface area contributed by atoms with Crippen LogP contribution in [-0.4, -0.2) is 5.90 Å². The second kappa shape index (κ2) is 2.81. The van der Waals surface area contributed by atoms with E-state index in [1.807, 2.05) is 24.3 Å². The molecule has 0 fully saturated rings. The fourth-order valence-corrected chi connectivity index (χ4v) is 1.15. The molecule has 2 rings (SSSR count). The van der Waals surface area contributed by atoms with Crippen LogP contribution >= 0.6 is 0 Å². The molecule has 0 saturated carbocycles. The topological polar surface area (TPSA) is 21.6 Å². The summed E-state index contributed by atoms with van der Waals surface area (Å²) >= 11 is 0. The third-order valence-corrected chi connectivity index (χ3v) is 1.77. The number of nitrogens with zero attached hydrogens (tertiary/aromatic N) is 1. The van der Waals surface area contributed by atoms with Gasteiger partial charge in [-0.1, -0.05) is 24.8 Å². The molecule has 0 unspecified atom stereocenters. The van der Waals surface area contributed by atoms with E-state index in [1.54, 1.807) is 6.08 Å². The number of rotatable bonds is 1. The average molecular weight is 159 g/mol. The standard InChI is InChI=1S/C10H9NO/c1-2-10-11-7-8-5-3-4-6-9(8)12-10/h2-6H,1,7H2. The van der Waals surface area contributed by atoms with Gasteiger partial charge in [0, 0.05) is 5.56 Å². The Balaban J connectivity index is 2.36. The number of fused-ring (bicyclic) bond motifs is 1. The molecule has 2 nitrogen and oxygen atoms in total. The lowest BCUT2D eigenvalue weighted by Gasteiger charge is -2.14. The Morgan fingerprint density at radius 3 is 3.08 bits per heavy atom. The number of aliphatic imine (C=N–C) groups is 1. The number of benzene rings is 1. The minimum Gasteiger partial charge on any atom is -0.439 e. The maximum atomic E-state index is 5.41. The van der Waals surface area contributed by atoms with E-state index >= 15 is 0 Å². The molecule has 0 aliphatic carbocycles. The van der Waals surface area contributed by atoms with Gasteiger partial charge in [-0.25, -0.2) is 4.99 Å². The number of para-hydroxylation sites is 1. The number of ether oxygens (including phenoxy) is 1. The van der Waals surface area contributed by atoms with Crippen LogP contribution in [0.2, 0.25) is 0 Å². The van der Waals surface area contributed by atoms with Crippen LogP contribution in [0.5, 0.6) is 5.75 Å². The highest BCUT2D eigenvalue weighted by Gasteiger charge is 2.09. The predicted octanol–water partition coefficient (Wildman–Crippen LogP) is 2.16. The molecule has 1 aromatic rings. The van der Waals surface area contributed by atoms with E-state index in [0.29, 0.717) is 12.4 Å². The van der Waals surface area contributed by atoms with E-state index in [1.165, 1.54) is 0 Å². The van der Waals surface area contributed by atoms with Crippen molar-refractivity contribution in [3.63, 3.8) is 0 Å². The van der Waals surface area contributed by atoms with Crippen molar-refractivity contribution in [2.75, 3.05) is 0 Å². The van der Waals surface area contributed by atoms with Crippen molar-refractivity contribution in [3.8, 4) is 5.75 Å². The Hall–Kier alpha value is -1.57. The van der Waals surface area contributed by atoms with Crippen LogP contribution in [0.25, 0.3) is 0 Å². The lowest BCUT2D eigenvalue weighted by molar-refractivity contribution is 0.527. The largest absolute Gasteiger partial charge is 0.439 e. The highest BCUT2D eigenvalue weighted by molar-refractivity contribution is 5.89. The van der Waals surface area contributed by atoms with Gasteiger partial charge in [0.1, 0.15) is 5.75 Å². The molecule has 0 saturated heterocycles. The van der Waals surface area contributed by atoms with Gasteiger partial charge in [-0.05, 0) is 12.1 Å². The van der Waals surface area contributed by atoms with Crippen molar-refractivity contribution in [2.45, 2.75) is 6.54 Å². The van der Waals surface area contributed by atoms with Gasteiger partial charge < -0.3 is 4.74 Å². The van der Waals surface area contributed by atoms with Gasteiger partial charge in [0.15, 0.2) is 0 Å². The van der Waals surface area contributed by atoms with Crippen LogP contribution in [0, 0.1) is 0 Å². The second-order valence-electron chi connectivity index (χ2n) is 2.57. The fraction of sp³-hybridized carbons (Fsp3) is 0.100. The van der Waals surface area contributed by atoms with Crippen LogP contribution in [0.1, 0.15) is 5.56 Å². The summed E-state index contributed by atoms with van der Waals surface area (Å²) in [4.78, 5) is 4.17. The van der Waals surface area contributed by atoms with E-state index in [9.17, 15) is 0 Å². The molecule has 1 aliphatic heterocycles. The molecule has 0 bridgehead atoms. The minimum absolute atomic E-state index is 0.605. The monoisotopic (exact) mass is 159 g/mol. The molecule has 0 radical (unpaired) electrons. The molecule has 1 aliphatic rings. The Labute approximate surface area is 71.2 Å². The van der Waals surface area contributed by atoms with Crippen molar-refractivity contribution in [2.24, 2.45) is 4.99 Å². The smallest absolute Gasteiger partial charge is 0.214 e. The van der Waals surface area contributed by atoms with Gasteiger partial charge in [0.2, 0.25) is 5.90 Å².